The van der Waals surface area contributed by atoms with Gasteiger partial charge in [-0.1, -0.05) is 122 Å². The number of allylic oxidation sites excluding steroid dienone is 4. The highest BCUT2D eigenvalue weighted by Crippen LogP contribution is 2.43. The lowest BCUT2D eigenvalue weighted by atomic mass is 10.1. The summed E-state index contributed by atoms with van der Waals surface area (Å²) in [6.45, 7) is 2.23. The number of unbranched alkanes of at least 4 members (excludes halogenated alkanes) is 16. The van der Waals surface area contributed by atoms with Crippen LogP contribution in [-0.4, -0.2) is 65.7 Å². The van der Waals surface area contributed by atoms with Crippen LogP contribution in [0.1, 0.15) is 155 Å². The van der Waals surface area contributed by atoms with E-state index in [1.54, 1.807) is 0 Å². The molecule has 0 aliphatic rings. The van der Waals surface area contributed by atoms with Gasteiger partial charge in [0.05, 0.1) is 19.8 Å². The molecular formula is C36H67O10P. The van der Waals surface area contributed by atoms with Gasteiger partial charge in [0, 0.05) is 12.8 Å². The second kappa shape index (κ2) is 33.0. The van der Waals surface area contributed by atoms with Gasteiger partial charge in [0.25, 0.3) is 0 Å². The van der Waals surface area contributed by atoms with Gasteiger partial charge >= 0.3 is 19.8 Å². The third kappa shape index (κ3) is 32.8. The molecule has 0 fully saturated rings. The van der Waals surface area contributed by atoms with E-state index in [4.69, 9.17) is 19.1 Å². The fourth-order valence-electron chi connectivity index (χ4n) is 4.73. The van der Waals surface area contributed by atoms with Crippen molar-refractivity contribution in [3.05, 3.63) is 24.3 Å². The van der Waals surface area contributed by atoms with Crippen LogP contribution in [0.2, 0.25) is 0 Å². The zero-order chi connectivity index (χ0) is 34.9. The van der Waals surface area contributed by atoms with E-state index in [0.29, 0.717) is 12.8 Å². The Morgan fingerprint density at radius 3 is 1.68 bits per heavy atom. The third-order valence-corrected chi connectivity index (χ3v) is 8.56. The topological polar surface area (TPSA) is 149 Å². The van der Waals surface area contributed by atoms with Gasteiger partial charge in [0.15, 0.2) is 6.10 Å². The van der Waals surface area contributed by atoms with E-state index in [0.717, 1.165) is 57.8 Å². The van der Waals surface area contributed by atoms with Crippen molar-refractivity contribution in [3.63, 3.8) is 0 Å². The number of hydrogen-bond acceptors (Lipinski definition) is 9. The molecule has 0 rings (SSSR count). The van der Waals surface area contributed by atoms with Crippen molar-refractivity contribution in [1.82, 2.24) is 0 Å². The van der Waals surface area contributed by atoms with Crippen LogP contribution in [0, 0.1) is 0 Å². The first-order valence-electron chi connectivity index (χ1n) is 18.3. The number of aliphatic hydroxyl groups excluding tert-OH is 2. The lowest BCUT2D eigenvalue weighted by Crippen LogP contribution is -2.29. The first kappa shape index (κ1) is 45.5. The van der Waals surface area contributed by atoms with Crippen LogP contribution in [0.5, 0.6) is 0 Å². The molecule has 0 radical (unpaired) electrons. The Morgan fingerprint density at radius 2 is 1.11 bits per heavy atom. The van der Waals surface area contributed by atoms with Gasteiger partial charge in [0.2, 0.25) is 0 Å². The molecule has 3 atom stereocenters. The summed E-state index contributed by atoms with van der Waals surface area (Å²) in [5.74, 6) is -0.944. The van der Waals surface area contributed by atoms with Gasteiger partial charge in [-0.2, -0.15) is 0 Å². The molecule has 47 heavy (non-hydrogen) atoms. The zero-order valence-corrected chi connectivity index (χ0v) is 30.4. The summed E-state index contributed by atoms with van der Waals surface area (Å²) in [6.07, 6.45) is 29.1. The van der Waals surface area contributed by atoms with Crippen molar-refractivity contribution < 1.29 is 47.8 Å². The van der Waals surface area contributed by atoms with Crippen molar-refractivity contribution >= 4 is 19.8 Å². The highest BCUT2D eigenvalue weighted by atomic mass is 31.2. The molecule has 276 valence electrons. The van der Waals surface area contributed by atoms with E-state index in [-0.39, 0.29) is 19.4 Å². The molecule has 3 unspecified atom stereocenters. The lowest BCUT2D eigenvalue weighted by Gasteiger charge is -2.20. The Labute approximate surface area is 285 Å². The van der Waals surface area contributed by atoms with E-state index in [1.807, 2.05) is 0 Å². The minimum atomic E-state index is -4.60. The predicted molar refractivity (Wildman–Crippen MR) is 187 cm³/mol. The molecule has 0 aromatic carbocycles. The second-order valence-corrected chi connectivity index (χ2v) is 13.7. The van der Waals surface area contributed by atoms with E-state index in [2.05, 4.69) is 42.7 Å². The van der Waals surface area contributed by atoms with Gasteiger partial charge in [0.1, 0.15) is 12.7 Å². The number of aliphatic hydroxyl groups is 2. The third-order valence-electron chi connectivity index (χ3n) is 7.61. The number of carbonyl (C=O) groups is 2. The van der Waals surface area contributed by atoms with Gasteiger partial charge in [-0.3, -0.25) is 18.6 Å². The summed E-state index contributed by atoms with van der Waals surface area (Å²) < 4.78 is 32.3. The normalized spacial score (nSPS) is 14.4. The van der Waals surface area contributed by atoms with E-state index >= 15 is 0 Å². The van der Waals surface area contributed by atoms with Crippen molar-refractivity contribution in [1.29, 1.82) is 0 Å². The number of phosphoric acid groups is 1. The molecule has 0 aromatic rings. The average Bonchev–Trinajstić information content (AvgIpc) is 3.05. The Morgan fingerprint density at radius 1 is 0.638 bits per heavy atom. The first-order chi connectivity index (χ1) is 22.7. The maximum Gasteiger partial charge on any atom is 0.472 e. The fourth-order valence-corrected chi connectivity index (χ4v) is 5.52. The van der Waals surface area contributed by atoms with Gasteiger partial charge in [-0.25, -0.2) is 4.57 Å². The molecule has 10 nitrogen and oxygen atoms in total. The molecule has 0 aromatic heterocycles. The average molecular weight is 691 g/mol. The van der Waals surface area contributed by atoms with E-state index in [9.17, 15) is 24.2 Å². The summed E-state index contributed by atoms with van der Waals surface area (Å²) >= 11 is 0. The summed E-state index contributed by atoms with van der Waals surface area (Å²) in [5, 5.41) is 18.2. The molecule has 0 bridgehead atoms. The minimum Gasteiger partial charge on any atom is -0.462 e. The summed E-state index contributed by atoms with van der Waals surface area (Å²) in [6, 6.07) is 0. The maximum atomic E-state index is 12.5. The fraction of sp³-hybridized carbons (Fsp3) is 0.833. The Hall–Kier alpha value is -1.55. The molecule has 0 amide bonds. The van der Waals surface area contributed by atoms with E-state index < -0.39 is 51.8 Å². The molecule has 0 saturated carbocycles. The first-order valence-corrected chi connectivity index (χ1v) is 19.8. The predicted octanol–water partition coefficient (Wildman–Crippen LogP) is 8.66. The van der Waals surface area contributed by atoms with Crippen molar-refractivity contribution in [2.24, 2.45) is 0 Å². The molecular weight excluding hydrogens is 623 g/mol. The molecule has 3 N–H and O–H groups in total. The summed E-state index contributed by atoms with van der Waals surface area (Å²) in [5.41, 5.74) is 0. The van der Waals surface area contributed by atoms with E-state index in [1.165, 1.54) is 57.8 Å². The number of carbonyl (C=O) groups excluding carboxylic acids is 2. The minimum absolute atomic E-state index is 0.181. The largest absolute Gasteiger partial charge is 0.472 e. The van der Waals surface area contributed by atoms with Crippen LogP contribution in [0.15, 0.2) is 24.3 Å². The molecule has 0 aliphatic carbocycles. The Balaban J connectivity index is 4.20. The van der Waals surface area contributed by atoms with Crippen LogP contribution in [0.4, 0.5) is 0 Å². The highest BCUT2D eigenvalue weighted by molar-refractivity contribution is 7.47. The maximum absolute atomic E-state index is 12.5. The Kier molecular flexibility index (Phi) is 31.9. The monoisotopic (exact) mass is 690 g/mol. The Bertz CT molecular complexity index is 848. The van der Waals surface area contributed by atoms with Crippen LogP contribution >= 0.6 is 7.82 Å². The SMILES string of the molecule is CCCCC/C=C\C/C=C\CCCCCCCCCCCC(=O)OC(COC(=O)CCCCCCC)COP(=O)(O)OCC(O)CO. The molecule has 11 heteroatoms. The molecule has 0 heterocycles. The lowest BCUT2D eigenvalue weighted by molar-refractivity contribution is -0.161. The summed E-state index contributed by atoms with van der Waals surface area (Å²) in [4.78, 5) is 34.5. The van der Waals surface area contributed by atoms with Crippen LogP contribution in [0.3, 0.4) is 0 Å². The van der Waals surface area contributed by atoms with Crippen molar-refractivity contribution in [2.75, 3.05) is 26.4 Å². The highest BCUT2D eigenvalue weighted by Gasteiger charge is 2.27. The van der Waals surface area contributed by atoms with Crippen molar-refractivity contribution in [2.45, 2.75) is 167 Å². The van der Waals surface area contributed by atoms with Gasteiger partial charge < -0.3 is 24.6 Å². The molecule has 0 spiro atoms. The number of ether oxygens (including phenoxy) is 2. The van der Waals surface area contributed by atoms with Crippen LogP contribution in [0.25, 0.3) is 0 Å². The van der Waals surface area contributed by atoms with Gasteiger partial charge in [-0.15, -0.1) is 0 Å². The quantitative estimate of drug-likeness (QED) is 0.0259. The summed E-state index contributed by atoms with van der Waals surface area (Å²) in [7, 11) is -4.60. The standard InChI is InChI=1S/C36H67O10P/c1-3-5-7-9-10-11-12-13-14-15-16-17-18-19-20-21-22-24-26-28-36(40)46-34(31-43-35(39)27-25-23-8-6-4-2)32-45-47(41,42)44-30-33(38)29-37/h10-11,13-14,33-34,37-38H,3-9,12,15-32H2,1-2H3,(H,41,42)/b11-10-,14-13-. The number of rotatable bonds is 34. The number of phosphoric ester groups is 1. The second-order valence-electron chi connectivity index (χ2n) is 12.3. The smallest absolute Gasteiger partial charge is 0.462 e. The number of esters is 2. The molecule has 0 aliphatic heterocycles. The van der Waals surface area contributed by atoms with Gasteiger partial charge in [-0.05, 0) is 44.9 Å². The number of hydrogen-bond donors (Lipinski definition) is 3. The van der Waals surface area contributed by atoms with Crippen molar-refractivity contribution in [3.8, 4) is 0 Å². The van der Waals surface area contributed by atoms with Crippen LogP contribution in [-0.2, 0) is 32.7 Å². The van der Waals surface area contributed by atoms with Crippen LogP contribution < -0.4 is 0 Å². The molecule has 0 saturated heterocycles. The zero-order valence-electron chi connectivity index (χ0n) is 29.5.